The second-order valence-corrected chi connectivity index (χ2v) is 5.71. The molecular weight excluding hydrogens is 294 g/mol. The van der Waals surface area contributed by atoms with Crippen LogP contribution in [-0.2, 0) is 0 Å². The van der Waals surface area contributed by atoms with E-state index >= 15 is 0 Å². The number of nitrogens with one attached hydrogen (secondary N) is 2. The van der Waals surface area contributed by atoms with Crippen molar-refractivity contribution in [3.8, 4) is 5.75 Å². The van der Waals surface area contributed by atoms with Crippen LogP contribution in [0.1, 0.15) is 18.1 Å². The lowest BCUT2D eigenvalue weighted by atomic mass is 10.2. The van der Waals surface area contributed by atoms with E-state index in [-0.39, 0.29) is 6.04 Å². The number of hydrogen-bond acceptors (Lipinski definition) is 3. The number of aryl methyl sites for hydroxylation is 2. The quantitative estimate of drug-likeness (QED) is 0.828. The summed E-state index contributed by atoms with van der Waals surface area (Å²) in [4.78, 5) is 4.26. The van der Waals surface area contributed by atoms with Gasteiger partial charge in [-0.05, 0) is 56.2 Å². The van der Waals surface area contributed by atoms with E-state index in [0.29, 0.717) is 11.7 Å². The number of ether oxygens (including phenoxy) is 1. The van der Waals surface area contributed by atoms with Crippen LogP contribution in [-0.4, -0.2) is 22.7 Å². The van der Waals surface area contributed by atoms with Gasteiger partial charge in [-0.25, -0.2) is 4.98 Å². The Bertz CT molecular complexity index is 628. The van der Waals surface area contributed by atoms with E-state index in [9.17, 15) is 0 Å². The summed E-state index contributed by atoms with van der Waals surface area (Å²) in [5.41, 5.74) is 2.24. The minimum atomic E-state index is 0.0880. The first-order valence-electron chi connectivity index (χ1n) is 7.23. The zero-order valence-corrected chi connectivity index (χ0v) is 13.9. The standard InChI is InChI=1S/C17H21N3OS/c1-12-8-9-16(18-10-12)20-17(22)19-14(3)11-21-15-7-5-4-6-13(15)2/h4-10,14H,11H2,1-3H3,(H2,18,19,20,22). The van der Waals surface area contributed by atoms with Crippen LogP contribution < -0.4 is 15.4 Å². The van der Waals surface area contributed by atoms with E-state index < -0.39 is 0 Å². The molecule has 0 saturated carbocycles. The normalized spacial score (nSPS) is 11.6. The van der Waals surface area contributed by atoms with E-state index in [2.05, 4.69) is 15.6 Å². The summed E-state index contributed by atoms with van der Waals surface area (Å²) in [7, 11) is 0. The summed E-state index contributed by atoms with van der Waals surface area (Å²) in [6.07, 6.45) is 1.80. The molecule has 0 spiro atoms. The lowest BCUT2D eigenvalue weighted by Crippen LogP contribution is -2.39. The second kappa shape index (κ2) is 7.75. The number of thiocarbonyl (C=S) groups is 1. The molecular formula is C17H21N3OS. The zero-order valence-electron chi connectivity index (χ0n) is 13.1. The van der Waals surface area contributed by atoms with E-state index in [0.717, 1.165) is 22.7 Å². The third kappa shape index (κ3) is 5.00. The van der Waals surface area contributed by atoms with Crippen molar-refractivity contribution in [1.29, 1.82) is 0 Å². The highest BCUT2D eigenvalue weighted by Gasteiger charge is 2.07. The first-order valence-corrected chi connectivity index (χ1v) is 7.64. The molecule has 116 valence electrons. The molecule has 1 heterocycles. The predicted octanol–water partition coefficient (Wildman–Crippen LogP) is 3.45. The van der Waals surface area contributed by atoms with Crippen molar-refractivity contribution in [3.05, 3.63) is 53.7 Å². The third-order valence-electron chi connectivity index (χ3n) is 3.11. The molecule has 1 atom stereocenters. The molecule has 0 bridgehead atoms. The van der Waals surface area contributed by atoms with E-state index in [1.54, 1.807) is 6.20 Å². The summed E-state index contributed by atoms with van der Waals surface area (Å²) in [6.45, 7) is 6.59. The van der Waals surface area contributed by atoms with Gasteiger partial charge in [-0.15, -0.1) is 0 Å². The highest BCUT2D eigenvalue weighted by molar-refractivity contribution is 7.80. The van der Waals surface area contributed by atoms with Gasteiger partial charge in [0.15, 0.2) is 5.11 Å². The largest absolute Gasteiger partial charge is 0.491 e. The molecule has 0 aliphatic carbocycles. The number of anilines is 1. The lowest BCUT2D eigenvalue weighted by Gasteiger charge is -2.18. The number of nitrogens with zero attached hydrogens (tertiary/aromatic N) is 1. The van der Waals surface area contributed by atoms with Crippen molar-refractivity contribution >= 4 is 23.1 Å². The summed E-state index contributed by atoms with van der Waals surface area (Å²) in [5, 5.41) is 6.79. The van der Waals surface area contributed by atoms with Crippen LogP contribution in [0.5, 0.6) is 5.75 Å². The molecule has 2 aromatic rings. The van der Waals surface area contributed by atoms with Gasteiger partial charge >= 0.3 is 0 Å². The van der Waals surface area contributed by atoms with Gasteiger partial charge < -0.3 is 15.4 Å². The van der Waals surface area contributed by atoms with Crippen molar-refractivity contribution in [2.45, 2.75) is 26.8 Å². The minimum absolute atomic E-state index is 0.0880. The lowest BCUT2D eigenvalue weighted by molar-refractivity contribution is 0.285. The van der Waals surface area contributed by atoms with Crippen molar-refractivity contribution in [2.75, 3.05) is 11.9 Å². The Morgan fingerprint density at radius 2 is 2.00 bits per heavy atom. The Balaban J connectivity index is 1.79. The molecule has 0 amide bonds. The highest BCUT2D eigenvalue weighted by Crippen LogP contribution is 2.16. The van der Waals surface area contributed by atoms with Gasteiger partial charge in [0.2, 0.25) is 0 Å². The Labute approximate surface area is 136 Å². The number of benzene rings is 1. The monoisotopic (exact) mass is 315 g/mol. The summed E-state index contributed by atoms with van der Waals surface area (Å²) in [5.74, 6) is 1.63. The summed E-state index contributed by atoms with van der Waals surface area (Å²) < 4.78 is 5.80. The van der Waals surface area contributed by atoms with E-state index in [1.165, 1.54) is 0 Å². The average Bonchev–Trinajstić information content (AvgIpc) is 2.49. The minimum Gasteiger partial charge on any atom is -0.491 e. The third-order valence-corrected chi connectivity index (χ3v) is 3.33. The first kappa shape index (κ1) is 16.2. The molecule has 1 aromatic heterocycles. The maximum atomic E-state index is 5.80. The van der Waals surface area contributed by atoms with E-state index in [1.807, 2.05) is 57.2 Å². The van der Waals surface area contributed by atoms with Crippen LogP contribution >= 0.6 is 12.2 Å². The first-order chi connectivity index (χ1) is 10.5. The van der Waals surface area contributed by atoms with Crippen molar-refractivity contribution in [1.82, 2.24) is 10.3 Å². The van der Waals surface area contributed by atoms with Gasteiger partial charge in [-0.2, -0.15) is 0 Å². The number of para-hydroxylation sites is 1. The highest BCUT2D eigenvalue weighted by atomic mass is 32.1. The molecule has 5 heteroatoms. The maximum Gasteiger partial charge on any atom is 0.172 e. The van der Waals surface area contributed by atoms with Gasteiger partial charge in [-0.3, -0.25) is 0 Å². The van der Waals surface area contributed by atoms with Crippen LogP contribution in [0, 0.1) is 13.8 Å². The Morgan fingerprint density at radius 3 is 2.68 bits per heavy atom. The SMILES string of the molecule is Cc1ccc(NC(=S)NC(C)COc2ccccc2C)nc1. The Morgan fingerprint density at radius 1 is 1.23 bits per heavy atom. The molecule has 0 radical (unpaired) electrons. The fourth-order valence-electron chi connectivity index (χ4n) is 1.89. The van der Waals surface area contributed by atoms with Gasteiger partial charge in [0.05, 0.1) is 6.04 Å². The van der Waals surface area contributed by atoms with Crippen molar-refractivity contribution in [3.63, 3.8) is 0 Å². The van der Waals surface area contributed by atoms with Crippen LogP contribution in [0.25, 0.3) is 0 Å². The Kier molecular flexibility index (Phi) is 5.72. The molecule has 0 aliphatic heterocycles. The van der Waals surface area contributed by atoms with Crippen LogP contribution in [0.2, 0.25) is 0 Å². The molecule has 0 fully saturated rings. The van der Waals surface area contributed by atoms with Crippen LogP contribution in [0.3, 0.4) is 0 Å². The molecule has 2 N–H and O–H groups in total. The number of rotatable bonds is 5. The molecule has 22 heavy (non-hydrogen) atoms. The average molecular weight is 315 g/mol. The van der Waals surface area contributed by atoms with Gasteiger partial charge in [0.25, 0.3) is 0 Å². The van der Waals surface area contributed by atoms with Gasteiger partial charge in [0, 0.05) is 6.20 Å². The molecule has 2 rings (SSSR count). The second-order valence-electron chi connectivity index (χ2n) is 5.30. The maximum absolute atomic E-state index is 5.80. The van der Waals surface area contributed by atoms with E-state index in [4.69, 9.17) is 17.0 Å². The predicted molar refractivity (Wildman–Crippen MR) is 94.5 cm³/mol. The topological polar surface area (TPSA) is 46.2 Å². The number of aromatic nitrogens is 1. The molecule has 1 aromatic carbocycles. The van der Waals surface area contributed by atoms with Crippen LogP contribution in [0.4, 0.5) is 5.82 Å². The molecule has 1 unspecified atom stereocenters. The molecule has 0 aliphatic rings. The fourth-order valence-corrected chi connectivity index (χ4v) is 2.20. The fraction of sp³-hybridized carbons (Fsp3) is 0.294. The molecule has 4 nitrogen and oxygen atoms in total. The summed E-state index contributed by atoms with van der Waals surface area (Å²) in [6, 6.07) is 11.9. The zero-order chi connectivity index (χ0) is 15.9. The van der Waals surface area contributed by atoms with Crippen molar-refractivity contribution in [2.24, 2.45) is 0 Å². The smallest absolute Gasteiger partial charge is 0.172 e. The van der Waals surface area contributed by atoms with Crippen molar-refractivity contribution < 1.29 is 4.74 Å². The van der Waals surface area contributed by atoms with Gasteiger partial charge in [-0.1, -0.05) is 24.3 Å². The number of hydrogen-bond donors (Lipinski definition) is 2. The number of pyridine rings is 1. The summed E-state index contributed by atoms with van der Waals surface area (Å²) >= 11 is 5.28. The Hall–Kier alpha value is -2.14. The van der Waals surface area contributed by atoms with Gasteiger partial charge in [0.1, 0.15) is 18.2 Å². The van der Waals surface area contributed by atoms with Crippen LogP contribution in [0.15, 0.2) is 42.6 Å². The molecule has 0 saturated heterocycles.